The molecule has 0 spiro atoms. The zero-order valence-electron chi connectivity index (χ0n) is 1.81. The molecule has 25 valence electrons. The van der Waals surface area contributed by atoms with Crippen molar-refractivity contribution in [3.05, 3.63) is 0 Å². The summed E-state index contributed by atoms with van der Waals surface area (Å²) in [6.45, 7) is 0. The predicted octanol–water partition coefficient (Wildman–Crippen LogP) is -0.767. The van der Waals surface area contributed by atoms with Crippen LogP contribution < -0.4 is 0 Å². The molecule has 0 saturated carbocycles. The molecular formula is AlBCuFe. The quantitative estimate of drug-likeness (QED) is 0.405. The van der Waals surface area contributed by atoms with E-state index in [1.165, 1.54) is 0 Å². The second-order valence-corrected chi connectivity index (χ2v) is 0. The van der Waals surface area contributed by atoms with Crippen molar-refractivity contribution in [2.45, 2.75) is 0 Å². The van der Waals surface area contributed by atoms with Crippen molar-refractivity contribution in [3.63, 3.8) is 0 Å². The van der Waals surface area contributed by atoms with E-state index in [0.717, 1.165) is 0 Å². The summed E-state index contributed by atoms with van der Waals surface area (Å²) in [6.07, 6.45) is 0. The van der Waals surface area contributed by atoms with Crippen LogP contribution in [0, 0.1) is 0 Å². The maximum absolute atomic E-state index is 0. The van der Waals surface area contributed by atoms with Gasteiger partial charge in [-0.3, -0.25) is 0 Å². The molecule has 0 aromatic rings. The van der Waals surface area contributed by atoms with Crippen molar-refractivity contribution in [1.82, 2.24) is 0 Å². The van der Waals surface area contributed by atoms with E-state index in [-0.39, 0.29) is 59.9 Å². The number of rotatable bonds is 0. The van der Waals surface area contributed by atoms with E-state index in [1.807, 2.05) is 0 Å². The molecule has 0 amide bonds. The first-order chi connectivity index (χ1) is 0. The fourth-order valence-corrected chi connectivity index (χ4v) is 0. The van der Waals surface area contributed by atoms with Crippen LogP contribution in [-0.2, 0) is 34.1 Å². The van der Waals surface area contributed by atoms with Gasteiger partial charge in [0.25, 0.3) is 0 Å². The Kier molecular flexibility index (Phi) is 259. The molecule has 0 nitrogen and oxygen atoms in total. The molecule has 0 aromatic carbocycles. The van der Waals surface area contributed by atoms with Gasteiger partial charge >= 0.3 is 0 Å². The van der Waals surface area contributed by atoms with Gasteiger partial charge in [-0.2, -0.15) is 0 Å². The minimum Gasteiger partial charge on any atom is 0 e. The third kappa shape index (κ3) is 9.44. The summed E-state index contributed by atoms with van der Waals surface area (Å²) in [4.78, 5) is 0. The van der Waals surface area contributed by atoms with Gasteiger partial charge in [-0.15, -0.1) is 0 Å². The van der Waals surface area contributed by atoms with Crippen molar-refractivity contribution in [1.29, 1.82) is 0 Å². The van der Waals surface area contributed by atoms with Crippen LogP contribution >= 0.6 is 0 Å². The van der Waals surface area contributed by atoms with Crippen LogP contribution in [0.5, 0.6) is 0 Å². The monoisotopic (exact) mass is 157 g/mol. The fraction of sp³-hybridized carbons (Fsp3) is 0. The SMILES string of the molecule is [Al].[B].[Cu].[Fe]. The summed E-state index contributed by atoms with van der Waals surface area (Å²) in [7, 11) is 0. The van der Waals surface area contributed by atoms with Gasteiger partial charge in [-0.1, -0.05) is 0 Å². The van der Waals surface area contributed by atoms with E-state index in [4.69, 9.17) is 0 Å². The molecule has 0 rings (SSSR count). The maximum Gasteiger partial charge on any atom is 0 e. The van der Waals surface area contributed by atoms with Gasteiger partial charge in [0.2, 0.25) is 0 Å². The van der Waals surface area contributed by atoms with Gasteiger partial charge in [0.1, 0.15) is 0 Å². The van der Waals surface area contributed by atoms with E-state index < -0.39 is 0 Å². The summed E-state index contributed by atoms with van der Waals surface area (Å²) < 4.78 is 0. The Labute approximate surface area is 59.8 Å². The van der Waals surface area contributed by atoms with E-state index in [1.54, 1.807) is 0 Å². The Morgan fingerprint density at radius 2 is 1.00 bits per heavy atom. The third-order valence-corrected chi connectivity index (χ3v) is 0. The molecule has 0 aromatic heterocycles. The van der Waals surface area contributed by atoms with E-state index >= 15 is 0 Å². The first-order valence-corrected chi connectivity index (χ1v) is 0. The molecule has 0 aliphatic carbocycles. The molecule has 0 saturated heterocycles. The minimum absolute atomic E-state index is 0. The molecule has 0 aliphatic rings. The van der Waals surface area contributed by atoms with Gasteiger partial charge in [-0.25, -0.2) is 0 Å². The molecule has 0 bridgehead atoms. The first kappa shape index (κ1) is 45.2. The Bertz CT molecular complexity index is 8.00. The fourth-order valence-electron chi connectivity index (χ4n) is 0. The Balaban J connectivity index is 0. The van der Waals surface area contributed by atoms with Crippen LogP contribution in [0.15, 0.2) is 0 Å². The van der Waals surface area contributed by atoms with Crippen LogP contribution in [0.25, 0.3) is 0 Å². The van der Waals surface area contributed by atoms with Crippen molar-refractivity contribution in [2.24, 2.45) is 0 Å². The Morgan fingerprint density at radius 3 is 1.00 bits per heavy atom. The molecule has 0 aliphatic heterocycles. The maximum atomic E-state index is 0. The third-order valence-electron chi connectivity index (χ3n) is 0. The standard InChI is InChI=1S/Al.B.Cu.Fe. The summed E-state index contributed by atoms with van der Waals surface area (Å²) in [5.74, 6) is 0. The molecule has 4 heteroatoms. The van der Waals surface area contributed by atoms with Crippen LogP contribution in [0.4, 0.5) is 0 Å². The summed E-state index contributed by atoms with van der Waals surface area (Å²) >= 11 is 0. The van der Waals surface area contributed by atoms with Crippen molar-refractivity contribution in [2.75, 3.05) is 0 Å². The van der Waals surface area contributed by atoms with Crippen LogP contribution in [-0.4, -0.2) is 25.8 Å². The van der Waals surface area contributed by atoms with Crippen LogP contribution in [0.2, 0.25) is 0 Å². The number of hydrogen-bond donors (Lipinski definition) is 0. The molecule has 0 N–H and O–H groups in total. The normalized spacial score (nSPS) is 0. The van der Waals surface area contributed by atoms with E-state index in [2.05, 4.69) is 0 Å². The number of hydrogen-bond acceptors (Lipinski definition) is 0. The summed E-state index contributed by atoms with van der Waals surface area (Å²) in [5, 5.41) is 0. The first-order valence-electron chi connectivity index (χ1n) is 0. The van der Waals surface area contributed by atoms with Crippen LogP contribution in [0.1, 0.15) is 0 Å². The predicted molar refractivity (Wildman–Crippen MR) is 11.5 cm³/mol. The van der Waals surface area contributed by atoms with Gasteiger partial charge in [0.05, 0.1) is 0 Å². The largest absolute Gasteiger partial charge is 0 e. The Hall–Kier alpha value is 1.64. The second kappa shape index (κ2) is 22.9. The van der Waals surface area contributed by atoms with Gasteiger partial charge in [0, 0.05) is 59.9 Å². The molecule has 0 heterocycles. The smallest absolute Gasteiger partial charge is 0 e. The van der Waals surface area contributed by atoms with Gasteiger partial charge < -0.3 is 0 Å². The topological polar surface area (TPSA) is 0 Å². The van der Waals surface area contributed by atoms with Crippen molar-refractivity contribution in [3.8, 4) is 0 Å². The van der Waals surface area contributed by atoms with Gasteiger partial charge in [0.15, 0.2) is 0 Å². The minimum atomic E-state index is 0. The second-order valence-electron chi connectivity index (χ2n) is 0. The van der Waals surface area contributed by atoms with Crippen molar-refractivity contribution < 1.29 is 34.1 Å². The van der Waals surface area contributed by atoms with Crippen molar-refractivity contribution >= 4 is 25.8 Å². The summed E-state index contributed by atoms with van der Waals surface area (Å²) in [5.41, 5.74) is 0. The zero-order chi connectivity index (χ0) is 0. The molecule has 7 radical (unpaired) electrons. The molecule has 4 heavy (non-hydrogen) atoms. The van der Waals surface area contributed by atoms with E-state index in [0.29, 0.717) is 0 Å². The average Bonchev–Trinajstić information content (AvgIpc) is 0. The van der Waals surface area contributed by atoms with E-state index in [9.17, 15) is 0 Å². The summed E-state index contributed by atoms with van der Waals surface area (Å²) in [6, 6.07) is 0. The molecular weight excluding hydrogens is 157 g/mol. The van der Waals surface area contributed by atoms with Crippen LogP contribution in [0.3, 0.4) is 0 Å². The molecule has 0 fully saturated rings. The average molecular weight is 157 g/mol. The Morgan fingerprint density at radius 1 is 1.00 bits per heavy atom. The molecule has 0 unspecified atom stereocenters. The van der Waals surface area contributed by atoms with Gasteiger partial charge in [-0.05, 0) is 0 Å². The molecule has 0 atom stereocenters. The zero-order valence-corrected chi connectivity index (χ0v) is 5.01.